The van der Waals surface area contributed by atoms with Crippen LogP contribution >= 0.6 is 11.3 Å². The lowest BCUT2D eigenvalue weighted by molar-refractivity contribution is -0.121. The molecule has 0 aliphatic carbocycles. The monoisotopic (exact) mass is 331 g/mol. The molecular formula is C18H21NO3S. The molecule has 1 aromatic carbocycles. The molecule has 2 rings (SSSR count). The molecule has 1 N–H and O–H groups in total. The second kappa shape index (κ2) is 7.42. The van der Waals surface area contributed by atoms with Crippen molar-refractivity contribution in [3.8, 4) is 0 Å². The Bertz CT molecular complexity index is 706. The van der Waals surface area contributed by atoms with Crippen molar-refractivity contribution in [3.63, 3.8) is 0 Å². The minimum atomic E-state index is -0.869. The van der Waals surface area contributed by atoms with E-state index in [2.05, 4.69) is 0 Å². The third-order valence-electron chi connectivity index (χ3n) is 3.75. The maximum absolute atomic E-state index is 12.1. The first-order valence-electron chi connectivity index (χ1n) is 7.56. The van der Waals surface area contributed by atoms with Crippen molar-refractivity contribution in [3.05, 3.63) is 51.7 Å². The van der Waals surface area contributed by atoms with Gasteiger partial charge in [0.1, 0.15) is 4.88 Å². The number of benzene rings is 1. The Labute approximate surface area is 140 Å². The smallest absolute Gasteiger partial charge is 0.346 e. The van der Waals surface area contributed by atoms with Crippen molar-refractivity contribution in [1.29, 1.82) is 0 Å². The van der Waals surface area contributed by atoms with Crippen molar-refractivity contribution in [2.24, 2.45) is 5.92 Å². The molecule has 0 fully saturated rings. The van der Waals surface area contributed by atoms with Gasteiger partial charge in [0.2, 0.25) is 5.91 Å². The first kappa shape index (κ1) is 17.2. The molecule has 0 spiro atoms. The van der Waals surface area contributed by atoms with Crippen LogP contribution in [0, 0.1) is 5.92 Å². The Morgan fingerprint density at radius 1 is 1.22 bits per heavy atom. The molecule has 23 heavy (non-hydrogen) atoms. The average Bonchev–Trinajstić information content (AvgIpc) is 3.00. The fraction of sp³-hybridized carbons (Fsp3) is 0.333. The molecule has 0 atom stereocenters. The van der Waals surface area contributed by atoms with E-state index < -0.39 is 5.97 Å². The van der Waals surface area contributed by atoms with Crippen LogP contribution in [0.2, 0.25) is 0 Å². The van der Waals surface area contributed by atoms with E-state index in [0.29, 0.717) is 11.3 Å². The summed E-state index contributed by atoms with van der Waals surface area (Å²) in [6, 6.07) is 9.71. The number of carbonyl (C=O) groups is 2. The lowest BCUT2D eigenvalue weighted by Crippen LogP contribution is -2.30. The van der Waals surface area contributed by atoms with Gasteiger partial charge < -0.3 is 10.0 Å². The number of anilines is 1. The molecule has 5 heteroatoms. The molecule has 1 aromatic heterocycles. The highest BCUT2D eigenvalue weighted by Crippen LogP contribution is 2.21. The number of rotatable bonds is 6. The molecule has 0 aliphatic heterocycles. The number of carbonyl (C=O) groups excluding carboxylic acids is 1. The summed E-state index contributed by atoms with van der Waals surface area (Å²) in [4.78, 5) is 25.3. The molecule has 0 saturated heterocycles. The number of amides is 1. The lowest BCUT2D eigenvalue weighted by Gasteiger charge is -2.20. The van der Waals surface area contributed by atoms with Crippen LogP contribution in [-0.2, 0) is 17.6 Å². The minimum absolute atomic E-state index is 0.0485. The second-order valence-corrected chi connectivity index (χ2v) is 6.72. The highest BCUT2D eigenvalue weighted by Gasteiger charge is 2.15. The third-order valence-corrected chi connectivity index (χ3v) is 4.69. The van der Waals surface area contributed by atoms with Crippen LogP contribution in [0.3, 0.4) is 0 Å². The molecule has 0 aliphatic rings. The van der Waals surface area contributed by atoms with Crippen LogP contribution < -0.4 is 4.90 Å². The molecule has 0 radical (unpaired) electrons. The zero-order chi connectivity index (χ0) is 17.0. The average molecular weight is 331 g/mol. The Balaban J connectivity index is 2.10. The van der Waals surface area contributed by atoms with E-state index in [9.17, 15) is 9.59 Å². The van der Waals surface area contributed by atoms with Gasteiger partial charge in [-0.1, -0.05) is 26.0 Å². The Morgan fingerprint density at radius 3 is 2.61 bits per heavy atom. The summed E-state index contributed by atoms with van der Waals surface area (Å²) in [5.74, 6) is -0.841. The van der Waals surface area contributed by atoms with E-state index in [1.807, 2.05) is 49.6 Å². The SMILES string of the molecule is CC(C)C(=O)N(C)c1cccc(CCc2ccsc2C(=O)O)c1. The van der Waals surface area contributed by atoms with E-state index in [0.717, 1.165) is 23.2 Å². The van der Waals surface area contributed by atoms with E-state index in [1.54, 1.807) is 11.9 Å². The molecule has 0 saturated carbocycles. The topological polar surface area (TPSA) is 57.6 Å². The third kappa shape index (κ3) is 4.20. The lowest BCUT2D eigenvalue weighted by atomic mass is 10.0. The first-order chi connectivity index (χ1) is 10.9. The van der Waals surface area contributed by atoms with Gasteiger partial charge in [0.05, 0.1) is 0 Å². The largest absolute Gasteiger partial charge is 0.477 e. The minimum Gasteiger partial charge on any atom is -0.477 e. The zero-order valence-corrected chi connectivity index (χ0v) is 14.4. The van der Waals surface area contributed by atoms with E-state index in [4.69, 9.17) is 5.11 Å². The molecule has 4 nitrogen and oxygen atoms in total. The quantitative estimate of drug-likeness (QED) is 0.874. The maximum atomic E-state index is 12.1. The Hall–Kier alpha value is -2.14. The van der Waals surface area contributed by atoms with Gasteiger partial charge in [-0.05, 0) is 47.5 Å². The van der Waals surface area contributed by atoms with Gasteiger partial charge in [-0.2, -0.15) is 0 Å². The number of aryl methyl sites for hydroxylation is 2. The van der Waals surface area contributed by atoms with Crippen LogP contribution in [0.5, 0.6) is 0 Å². The molecular weight excluding hydrogens is 310 g/mol. The summed E-state index contributed by atoms with van der Waals surface area (Å²) in [5.41, 5.74) is 2.82. The Kier molecular flexibility index (Phi) is 5.55. The molecule has 2 aromatic rings. The van der Waals surface area contributed by atoms with E-state index in [1.165, 1.54) is 11.3 Å². The van der Waals surface area contributed by atoms with Gasteiger partial charge in [-0.25, -0.2) is 4.79 Å². The fourth-order valence-corrected chi connectivity index (χ4v) is 3.23. The molecule has 0 unspecified atom stereocenters. The van der Waals surface area contributed by atoms with Gasteiger partial charge in [-0.3, -0.25) is 4.79 Å². The fourth-order valence-electron chi connectivity index (χ4n) is 2.43. The summed E-state index contributed by atoms with van der Waals surface area (Å²) >= 11 is 1.26. The highest BCUT2D eigenvalue weighted by molar-refractivity contribution is 7.12. The van der Waals surface area contributed by atoms with E-state index in [-0.39, 0.29) is 11.8 Å². The van der Waals surface area contributed by atoms with Crippen molar-refractivity contribution < 1.29 is 14.7 Å². The van der Waals surface area contributed by atoms with Gasteiger partial charge in [-0.15, -0.1) is 11.3 Å². The van der Waals surface area contributed by atoms with Crippen LogP contribution in [0.1, 0.15) is 34.6 Å². The van der Waals surface area contributed by atoms with Crippen molar-refractivity contribution >= 4 is 28.9 Å². The Morgan fingerprint density at radius 2 is 1.96 bits per heavy atom. The standard InChI is InChI=1S/C18H21NO3S/c1-12(2)17(20)19(3)15-6-4-5-13(11-15)7-8-14-9-10-23-16(14)18(21)22/h4-6,9-12H,7-8H2,1-3H3,(H,21,22). The van der Waals surface area contributed by atoms with Gasteiger partial charge in [0.15, 0.2) is 0 Å². The van der Waals surface area contributed by atoms with Crippen molar-refractivity contribution in [1.82, 2.24) is 0 Å². The van der Waals surface area contributed by atoms with Crippen LogP contribution in [0.4, 0.5) is 5.69 Å². The number of carboxylic acid groups (broad SMARTS) is 1. The summed E-state index contributed by atoms with van der Waals surface area (Å²) in [6.45, 7) is 3.76. The predicted octanol–water partition coefficient (Wildman–Crippen LogP) is 3.85. The number of carboxylic acids is 1. The highest BCUT2D eigenvalue weighted by atomic mass is 32.1. The molecule has 122 valence electrons. The van der Waals surface area contributed by atoms with Crippen LogP contribution in [0.25, 0.3) is 0 Å². The predicted molar refractivity (Wildman–Crippen MR) is 93.4 cm³/mol. The van der Waals surface area contributed by atoms with Gasteiger partial charge in [0, 0.05) is 18.7 Å². The second-order valence-electron chi connectivity index (χ2n) is 5.80. The first-order valence-corrected chi connectivity index (χ1v) is 8.44. The van der Waals surface area contributed by atoms with Gasteiger partial charge >= 0.3 is 5.97 Å². The molecule has 0 bridgehead atoms. The number of hydrogen-bond donors (Lipinski definition) is 1. The number of nitrogens with zero attached hydrogens (tertiary/aromatic N) is 1. The molecule has 1 heterocycles. The van der Waals surface area contributed by atoms with Gasteiger partial charge in [0.25, 0.3) is 0 Å². The van der Waals surface area contributed by atoms with E-state index >= 15 is 0 Å². The summed E-state index contributed by atoms with van der Waals surface area (Å²) in [5, 5.41) is 11.0. The number of thiophene rings is 1. The van der Waals surface area contributed by atoms with Crippen molar-refractivity contribution in [2.45, 2.75) is 26.7 Å². The van der Waals surface area contributed by atoms with Crippen LogP contribution in [-0.4, -0.2) is 24.0 Å². The molecule has 1 amide bonds. The summed E-state index contributed by atoms with van der Waals surface area (Å²) in [6.07, 6.45) is 1.42. The summed E-state index contributed by atoms with van der Waals surface area (Å²) < 4.78 is 0. The van der Waals surface area contributed by atoms with Crippen molar-refractivity contribution in [2.75, 3.05) is 11.9 Å². The normalized spacial score (nSPS) is 10.8. The summed E-state index contributed by atoms with van der Waals surface area (Å²) in [7, 11) is 1.78. The maximum Gasteiger partial charge on any atom is 0.346 e. The number of hydrogen-bond acceptors (Lipinski definition) is 3. The number of aromatic carboxylic acids is 1. The zero-order valence-electron chi connectivity index (χ0n) is 13.6. The van der Waals surface area contributed by atoms with Crippen LogP contribution in [0.15, 0.2) is 35.7 Å².